The molecule has 0 unspecified atom stereocenters. The Hall–Kier alpha value is -2.95. The molecule has 0 bridgehead atoms. The van der Waals surface area contributed by atoms with Crippen LogP contribution in [0.15, 0.2) is 59.7 Å². The fourth-order valence-corrected chi connectivity index (χ4v) is 2.51. The normalized spacial score (nSPS) is 10.7. The molecule has 2 aromatic carbocycles. The van der Waals surface area contributed by atoms with Gasteiger partial charge in [0.1, 0.15) is 6.33 Å². The van der Waals surface area contributed by atoms with Crippen molar-refractivity contribution in [2.24, 2.45) is 0 Å². The Morgan fingerprint density at radius 2 is 1.88 bits per heavy atom. The van der Waals surface area contributed by atoms with Crippen LogP contribution in [-0.4, -0.2) is 22.0 Å². The second-order valence-electron chi connectivity index (χ2n) is 5.59. The number of aromatic nitrogens is 2. The van der Waals surface area contributed by atoms with Gasteiger partial charge in [0.05, 0.1) is 16.6 Å². The Kier molecular flexibility index (Phi) is 4.70. The Labute approximate surface area is 140 Å². The van der Waals surface area contributed by atoms with Gasteiger partial charge in [-0.25, -0.2) is 4.98 Å². The van der Waals surface area contributed by atoms with Gasteiger partial charge in [-0.05, 0) is 42.8 Å². The van der Waals surface area contributed by atoms with Crippen molar-refractivity contribution in [3.05, 3.63) is 70.8 Å². The minimum absolute atomic E-state index is 0.0982. The zero-order chi connectivity index (χ0) is 16.9. The summed E-state index contributed by atoms with van der Waals surface area (Å²) in [6.45, 7) is 2.75. The summed E-state index contributed by atoms with van der Waals surface area (Å²) >= 11 is 0. The summed E-state index contributed by atoms with van der Waals surface area (Å²) in [5.41, 5.74) is 1.81. The molecule has 24 heavy (non-hydrogen) atoms. The molecule has 1 N–H and O–H groups in total. The third kappa shape index (κ3) is 3.20. The quantitative estimate of drug-likeness (QED) is 0.735. The smallest absolute Gasteiger partial charge is 0.265 e. The first kappa shape index (κ1) is 15.9. The molecule has 3 rings (SSSR count). The molecule has 0 saturated carbocycles. The SMILES string of the molecule is CCCCNC(=O)c1ccc(-n2cnc3ccccc3c2=O)cc1. The number of amides is 1. The van der Waals surface area contributed by atoms with E-state index in [-0.39, 0.29) is 11.5 Å². The first-order chi connectivity index (χ1) is 11.7. The Morgan fingerprint density at radius 3 is 2.62 bits per heavy atom. The number of hydrogen-bond donors (Lipinski definition) is 1. The molecule has 0 radical (unpaired) electrons. The lowest BCUT2D eigenvalue weighted by Crippen LogP contribution is -2.24. The highest BCUT2D eigenvalue weighted by molar-refractivity contribution is 5.94. The summed E-state index contributed by atoms with van der Waals surface area (Å²) < 4.78 is 1.49. The van der Waals surface area contributed by atoms with E-state index in [0.717, 1.165) is 12.8 Å². The number of nitrogens with one attached hydrogen (secondary N) is 1. The Morgan fingerprint density at radius 1 is 1.12 bits per heavy atom. The minimum atomic E-state index is -0.124. The predicted octanol–water partition coefficient (Wildman–Crippen LogP) is 2.92. The van der Waals surface area contributed by atoms with Gasteiger partial charge < -0.3 is 5.32 Å². The van der Waals surface area contributed by atoms with Crippen LogP contribution in [-0.2, 0) is 0 Å². The lowest BCUT2D eigenvalue weighted by Gasteiger charge is -2.08. The highest BCUT2D eigenvalue weighted by Crippen LogP contribution is 2.11. The first-order valence-corrected chi connectivity index (χ1v) is 8.05. The first-order valence-electron chi connectivity index (χ1n) is 8.05. The summed E-state index contributed by atoms with van der Waals surface area (Å²) in [5, 5.41) is 3.45. The number of para-hydroxylation sites is 1. The number of rotatable bonds is 5. The van der Waals surface area contributed by atoms with Crippen LogP contribution < -0.4 is 10.9 Å². The average molecular weight is 321 g/mol. The van der Waals surface area contributed by atoms with Crippen LogP contribution in [0.2, 0.25) is 0 Å². The predicted molar refractivity (Wildman–Crippen MR) is 94.6 cm³/mol. The minimum Gasteiger partial charge on any atom is -0.352 e. The molecule has 3 aromatic rings. The Balaban J connectivity index is 1.87. The van der Waals surface area contributed by atoms with Gasteiger partial charge in [0.25, 0.3) is 11.5 Å². The number of hydrogen-bond acceptors (Lipinski definition) is 3. The van der Waals surface area contributed by atoms with E-state index < -0.39 is 0 Å². The van der Waals surface area contributed by atoms with E-state index in [4.69, 9.17) is 0 Å². The molecule has 0 atom stereocenters. The molecule has 0 fully saturated rings. The molecule has 122 valence electrons. The van der Waals surface area contributed by atoms with Gasteiger partial charge in [-0.15, -0.1) is 0 Å². The van der Waals surface area contributed by atoms with Crippen LogP contribution in [0.5, 0.6) is 0 Å². The zero-order valence-corrected chi connectivity index (χ0v) is 13.5. The summed E-state index contributed by atoms with van der Waals surface area (Å²) in [4.78, 5) is 28.9. The molecule has 0 aliphatic heterocycles. The van der Waals surface area contributed by atoms with Crippen molar-refractivity contribution in [3.63, 3.8) is 0 Å². The van der Waals surface area contributed by atoms with E-state index in [0.29, 0.717) is 28.7 Å². The molecule has 1 heterocycles. The average Bonchev–Trinajstić information content (AvgIpc) is 2.63. The van der Waals surface area contributed by atoms with Crippen molar-refractivity contribution in [1.82, 2.24) is 14.9 Å². The van der Waals surface area contributed by atoms with Crippen molar-refractivity contribution in [2.75, 3.05) is 6.54 Å². The number of unbranched alkanes of at least 4 members (excludes halogenated alkanes) is 1. The number of benzene rings is 2. The third-order valence-electron chi connectivity index (χ3n) is 3.89. The number of carbonyl (C=O) groups is 1. The van der Waals surface area contributed by atoms with Gasteiger partial charge in [0.2, 0.25) is 0 Å². The van der Waals surface area contributed by atoms with Crippen molar-refractivity contribution >= 4 is 16.8 Å². The van der Waals surface area contributed by atoms with Crippen molar-refractivity contribution in [3.8, 4) is 5.69 Å². The van der Waals surface area contributed by atoms with Crippen molar-refractivity contribution < 1.29 is 4.79 Å². The second-order valence-corrected chi connectivity index (χ2v) is 5.59. The van der Waals surface area contributed by atoms with Crippen LogP contribution in [0.3, 0.4) is 0 Å². The van der Waals surface area contributed by atoms with Crippen molar-refractivity contribution in [1.29, 1.82) is 0 Å². The number of carbonyl (C=O) groups excluding carboxylic acids is 1. The topological polar surface area (TPSA) is 64.0 Å². The van der Waals surface area contributed by atoms with Crippen LogP contribution in [0.4, 0.5) is 0 Å². The molecular formula is C19H19N3O2. The fourth-order valence-electron chi connectivity index (χ4n) is 2.51. The standard InChI is InChI=1S/C19H19N3O2/c1-2-3-12-20-18(23)14-8-10-15(11-9-14)22-13-21-17-7-5-4-6-16(17)19(22)24/h4-11,13H,2-3,12H2,1H3,(H,20,23). The molecule has 0 spiro atoms. The van der Waals surface area contributed by atoms with Gasteiger partial charge >= 0.3 is 0 Å². The van der Waals surface area contributed by atoms with Crippen LogP contribution in [0.1, 0.15) is 30.1 Å². The molecule has 1 aromatic heterocycles. The van der Waals surface area contributed by atoms with Gasteiger partial charge in [-0.3, -0.25) is 14.2 Å². The summed E-state index contributed by atoms with van der Waals surface area (Å²) in [5.74, 6) is -0.0982. The van der Waals surface area contributed by atoms with Crippen molar-refractivity contribution in [2.45, 2.75) is 19.8 Å². The molecule has 1 amide bonds. The van der Waals surface area contributed by atoms with E-state index in [1.807, 2.05) is 18.2 Å². The maximum Gasteiger partial charge on any atom is 0.265 e. The highest BCUT2D eigenvalue weighted by Gasteiger charge is 2.08. The largest absolute Gasteiger partial charge is 0.352 e. The van der Waals surface area contributed by atoms with Crippen LogP contribution in [0, 0.1) is 0 Å². The van der Waals surface area contributed by atoms with E-state index in [2.05, 4.69) is 17.2 Å². The monoisotopic (exact) mass is 321 g/mol. The van der Waals surface area contributed by atoms with E-state index in [1.54, 1.807) is 30.3 Å². The highest BCUT2D eigenvalue weighted by atomic mass is 16.1. The summed E-state index contributed by atoms with van der Waals surface area (Å²) in [6.07, 6.45) is 3.51. The number of nitrogens with zero attached hydrogens (tertiary/aromatic N) is 2. The molecule has 5 heteroatoms. The fraction of sp³-hybridized carbons (Fsp3) is 0.211. The molecule has 0 aliphatic carbocycles. The maximum absolute atomic E-state index is 12.6. The van der Waals surface area contributed by atoms with E-state index >= 15 is 0 Å². The van der Waals surface area contributed by atoms with E-state index in [9.17, 15) is 9.59 Å². The zero-order valence-electron chi connectivity index (χ0n) is 13.5. The lowest BCUT2D eigenvalue weighted by atomic mass is 10.2. The van der Waals surface area contributed by atoms with Gasteiger partial charge in [-0.1, -0.05) is 25.5 Å². The van der Waals surface area contributed by atoms with Gasteiger partial charge in [-0.2, -0.15) is 0 Å². The maximum atomic E-state index is 12.6. The lowest BCUT2D eigenvalue weighted by molar-refractivity contribution is 0.0953. The molecular weight excluding hydrogens is 302 g/mol. The second kappa shape index (κ2) is 7.08. The molecule has 0 saturated heterocycles. The summed E-state index contributed by atoms with van der Waals surface area (Å²) in [6, 6.07) is 14.2. The van der Waals surface area contributed by atoms with Crippen LogP contribution in [0.25, 0.3) is 16.6 Å². The third-order valence-corrected chi connectivity index (χ3v) is 3.89. The summed E-state index contributed by atoms with van der Waals surface area (Å²) in [7, 11) is 0. The number of fused-ring (bicyclic) bond motifs is 1. The van der Waals surface area contributed by atoms with Gasteiger partial charge in [0, 0.05) is 12.1 Å². The van der Waals surface area contributed by atoms with Gasteiger partial charge in [0.15, 0.2) is 0 Å². The molecule has 5 nitrogen and oxygen atoms in total. The van der Waals surface area contributed by atoms with E-state index in [1.165, 1.54) is 10.9 Å². The van der Waals surface area contributed by atoms with Crippen LogP contribution >= 0.6 is 0 Å². The molecule has 0 aliphatic rings. The Bertz CT molecular complexity index is 914.